The van der Waals surface area contributed by atoms with Gasteiger partial charge >= 0.3 is 5.97 Å². The highest BCUT2D eigenvalue weighted by Gasteiger charge is 2.18. The van der Waals surface area contributed by atoms with Crippen molar-refractivity contribution in [1.82, 2.24) is 15.1 Å². The van der Waals surface area contributed by atoms with Crippen LogP contribution in [0.25, 0.3) is 16.9 Å². The molecule has 0 aliphatic carbocycles. The van der Waals surface area contributed by atoms with Gasteiger partial charge in [-0.05, 0) is 61.7 Å². The van der Waals surface area contributed by atoms with Gasteiger partial charge in [-0.15, -0.1) is 0 Å². The number of methoxy groups -OCH3 is 1. The highest BCUT2D eigenvalue weighted by atomic mass is 16.5. The zero-order valence-corrected chi connectivity index (χ0v) is 21.0. The maximum atomic E-state index is 12.7. The van der Waals surface area contributed by atoms with E-state index >= 15 is 0 Å². The predicted molar refractivity (Wildman–Crippen MR) is 137 cm³/mol. The van der Waals surface area contributed by atoms with Crippen LogP contribution in [-0.4, -0.2) is 41.9 Å². The number of aromatic nitrogens is 2. The van der Waals surface area contributed by atoms with Gasteiger partial charge in [-0.1, -0.05) is 45.2 Å². The Bertz CT molecular complexity index is 1120. The molecule has 0 aliphatic rings. The van der Waals surface area contributed by atoms with Crippen molar-refractivity contribution in [1.29, 1.82) is 0 Å². The number of amides is 1. The number of esters is 1. The third kappa shape index (κ3) is 6.72. The van der Waals surface area contributed by atoms with E-state index in [0.717, 1.165) is 30.5 Å². The molecule has 0 bridgehead atoms. The number of hydrogen-bond acceptors (Lipinski definition) is 5. The molecule has 0 radical (unpaired) electrons. The summed E-state index contributed by atoms with van der Waals surface area (Å²) >= 11 is 0. The van der Waals surface area contributed by atoms with Crippen LogP contribution in [0.15, 0.2) is 54.6 Å². The third-order valence-corrected chi connectivity index (χ3v) is 6.03. The second-order valence-electron chi connectivity index (χ2n) is 8.45. The fourth-order valence-electron chi connectivity index (χ4n) is 3.91. The molecule has 186 valence electrons. The normalized spacial score (nSPS) is 11.7. The van der Waals surface area contributed by atoms with Crippen LogP contribution in [0.4, 0.5) is 0 Å². The molecule has 0 saturated heterocycles. The van der Waals surface area contributed by atoms with Crippen LogP contribution in [0.1, 0.15) is 67.3 Å². The lowest BCUT2D eigenvalue weighted by Crippen LogP contribution is -2.29. The summed E-state index contributed by atoms with van der Waals surface area (Å²) in [5.74, 6) is 0.616. The molecule has 1 N–H and O–H groups in total. The van der Waals surface area contributed by atoms with Gasteiger partial charge in [0.15, 0.2) is 5.69 Å². The van der Waals surface area contributed by atoms with Gasteiger partial charge < -0.3 is 14.8 Å². The quantitative estimate of drug-likeness (QED) is 0.340. The molecule has 0 saturated carbocycles. The summed E-state index contributed by atoms with van der Waals surface area (Å²) in [6.45, 7) is 7.05. The summed E-state index contributed by atoms with van der Waals surface area (Å²) in [5.41, 5.74) is 3.08. The van der Waals surface area contributed by atoms with E-state index in [0.29, 0.717) is 29.5 Å². The minimum absolute atomic E-state index is 0.0906. The van der Waals surface area contributed by atoms with Crippen molar-refractivity contribution >= 4 is 11.9 Å². The number of unbranched alkanes of at least 4 members (excludes halogenated alkanes) is 1. The van der Waals surface area contributed by atoms with E-state index in [2.05, 4.69) is 24.3 Å². The number of ether oxygens (including phenoxy) is 2. The standard InChI is InChI=1S/C28H35N3O4/c1-5-8-10-20(6-2)19-29-27(32)21-13-15-23(16-14-21)31-26(18-25(30-31)28(33)35-7-3)22-11-9-12-24(17-22)34-4/h9,11-18,20H,5-8,10,19H2,1-4H3,(H,29,32)/t20-/m0/s1. The Labute approximate surface area is 207 Å². The molecular formula is C28H35N3O4. The lowest BCUT2D eigenvalue weighted by molar-refractivity contribution is 0.0518. The van der Waals surface area contributed by atoms with Crippen molar-refractivity contribution in [2.45, 2.75) is 46.5 Å². The molecule has 1 atom stereocenters. The molecule has 35 heavy (non-hydrogen) atoms. The second-order valence-corrected chi connectivity index (χ2v) is 8.45. The zero-order chi connectivity index (χ0) is 25.2. The average Bonchev–Trinajstić information content (AvgIpc) is 3.35. The second kappa shape index (κ2) is 12.7. The van der Waals surface area contributed by atoms with Crippen LogP contribution in [0, 0.1) is 5.92 Å². The molecule has 0 spiro atoms. The first kappa shape index (κ1) is 26.0. The molecule has 0 fully saturated rings. The van der Waals surface area contributed by atoms with E-state index in [9.17, 15) is 9.59 Å². The lowest BCUT2D eigenvalue weighted by Gasteiger charge is -2.15. The van der Waals surface area contributed by atoms with E-state index in [1.807, 2.05) is 36.4 Å². The molecule has 1 aromatic heterocycles. The fraction of sp³-hybridized carbons (Fsp3) is 0.393. The van der Waals surface area contributed by atoms with Gasteiger partial charge in [-0.3, -0.25) is 4.79 Å². The van der Waals surface area contributed by atoms with Crippen molar-refractivity contribution in [3.05, 3.63) is 65.9 Å². The minimum atomic E-state index is -0.486. The van der Waals surface area contributed by atoms with Crippen molar-refractivity contribution in [3.8, 4) is 22.7 Å². The smallest absolute Gasteiger partial charge is 0.358 e. The number of nitrogens with zero attached hydrogens (tertiary/aromatic N) is 2. The number of hydrogen-bond donors (Lipinski definition) is 1. The summed E-state index contributed by atoms with van der Waals surface area (Å²) in [6.07, 6.45) is 4.51. The Balaban J connectivity index is 1.85. The number of carbonyl (C=O) groups excluding carboxylic acids is 2. The van der Waals surface area contributed by atoms with Gasteiger partial charge in [0.1, 0.15) is 5.75 Å². The van der Waals surface area contributed by atoms with Gasteiger partial charge in [0.05, 0.1) is 25.1 Å². The van der Waals surface area contributed by atoms with Crippen LogP contribution < -0.4 is 10.1 Å². The Morgan fingerprint density at radius 2 is 1.83 bits per heavy atom. The molecule has 3 rings (SSSR count). The average molecular weight is 478 g/mol. The van der Waals surface area contributed by atoms with E-state index < -0.39 is 5.97 Å². The molecule has 2 aromatic carbocycles. The van der Waals surface area contributed by atoms with Crippen LogP contribution in [0.3, 0.4) is 0 Å². The predicted octanol–water partition coefficient (Wildman–Crippen LogP) is 5.67. The van der Waals surface area contributed by atoms with E-state index in [1.165, 1.54) is 6.42 Å². The Morgan fingerprint density at radius 1 is 1.06 bits per heavy atom. The first-order valence-corrected chi connectivity index (χ1v) is 12.3. The summed E-state index contributed by atoms with van der Waals surface area (Å²) in [5, 5.41) is 7.57. The molecule has 3 aromatic rings. The molecule has 1 heterocycles. The van der Waals surface area contributed by atoms with Crippen LogP contribution >= 0.6 is 0 Å². The lowest BCUT2D eigenvalue weighted by atomic mass is 9.99. The summed E-state index contributed by atoms with van der Waals surface area (Å²) < 4.78 is 12.2. The van der Waals surface area contributed by atoms with Gasteiger partial charge in [0.25, 0.3) is 5.91 Å². The van der Waals surface area contributed by atoms with Crippen molar-refractivity contribution in [2.75, 3.05) is 20.3 Å². The molecular weight excluding hydrogens is 442 g/mol. The number of benzene rings is 2. The zero-order valence-electron chi connectivity index (χ0n) is 21.0. The number of nitrogens with one attached hydrogen (secondary N) is 1. The van der Waals surface area contributed by atoms with Crippen LogP contribution in [0.2, 0.25) is 0 Å². The Hall–Kier alpha value is -3.61. The van der Waals surface area contributed by atoms with Crippen molar-refractivity contribution in [2.24, 2.45) is 5.92 Å². The third-order valence-electron chi connectivity index (χ3n) is 6.03. The molecule has 7 nitrogen and oxygen atoms in total. The monoisotopic (exact) mass is 477 g/mol. The Kier molecular flexibility index (Phi) is 9.47. The first-order chi connectivity index (χ1) is 17.0. The number of rotatable bonds is 12. The number of carbonyl (C=O) groups is 2. The van der Waals surface area contributed by atoms with Crippen molar-refractivity contribution in [3.63, 3.8) is 0 Å². The SMILES string of the molecule is CCCC[C@H](CC)CNC(=O)c1ccc(-n2nc(C(=O)OCC)cc2-c2cccc(OC)c2)cc1. The van der Waals surface area contributed by atoms with E-state index in [-0.39, 0.29) is 18.2 Å². The fourth-order valence-corrected chi connectivity index (χ4v) is 3.91. The highest BCUT2D eigenvalue weighted by Crippen LogP contribution is 2.27. The molecule has 0 aliphatic heterocycles. The van der Waals surface area contributed by atoms with Gasteiger partial charge in [-0.2, -0.15) is 5.10 Å². The van der Waals surface area contributed by atoms with Gasteiger partial charge in [0.2, 0.25) is 0 Å². The highest BCUT2D eigenvalue weighted by molar-refractivity contribution is 5.94. The van der Waals surface area contributed by atoms with Gasteiger partial charge in [-0.25, -0.2) is 9.48 Å². The Morgan fingerprint density at radius 3 is 2.49 bits per heavy atom. The summed E-state index contributed by atoms with van der Waals surface area (Å²) in [6, 6.07) is 16.5. The van der Waals surface area contributed by atoms with E-state index in [1.54, 1.807) is 36.9 Å². The van der Waals surface area contributed by atoms with Crippen LogP contribution in [0.5, 0.6) is 5.75 Å². The topological polar surface area (TPSA) is 82.5 Å². The molecule has 7 heteroatoms. The van der Waals surface area contributed by atoms with Crippen LogP contribution in [-0.2, 0) is 4.74 Å². The maximum Gasteiger partial charge on any atom is 0.358 e. The maximum absolute atomic E-state index is 12.7. The summed E-state index contributed by atoms with van der Waals surface area (Å²) in [7, 11) is 1.61. The van der Waals surface area contributed by atoms with E-state index in [4.69, 9.17) is 9.47 Å². The molecule has 1 amide bonds. The summed E-state index contributed by atoms with van der Waals surface area (Å²) in [4.78, 5) is 25.1. The largest absolute Gasteiger partial charge is 0.497 e. The van der Waals surface area contributed by atoms with Gasteiger partial charge in [0, 0.05) is 17.7 Å². The first-order valence-electron chi connectivity index (χ1n) is 12.3. The minimum Gasteiger partial charge on any atom is -0.497 e. The molecule has 0 unspecified atom stereocenters. The van der Waals surface area contributed by atoms with Crippen molar-refractivity contribution < 1.29 is 19.1 Å².